The van der Waals surface area contributed by atoms with Gasteiger partial charge in [-0.15, -0.1) is 0 Å². The lowest BCUT2D eigenvalue weighted by Crippen LogP contribution is -2.09. The van der Waals surface area contributed by atoms with Gasteiger partial charge in [-0.05, 0) is 36.2 Å². The third-order valence-electron chi connectivity index (χ3n) is 4.69. The lowest BCUT2D eigenvalue weighted by Gasteiger charge is -2.12. The summed E-state index contributed by atoms with van der Waals surface area (Å²) >= 11 is 10.1. The Morgan fingerprint density at radius 1 is 1.19 bits per heavy atom. The molecule has 0 bridgehead atoms. The SMILES string of the molecule is CCS(=O)(=O)c1cc2ccc(Br)cc2nc1C1=C(Cl)c2ncc(C)cc2C1. The molecule has 7 heteroatoms. The fourth-order valence-corrected chi connectivity index (χ4v) is 5.05. The Labute approximate surface area is 171 Å². The second-order valence-electron chi connectivity index (χ2n) is 6.57. The van der Waals surface area contributed by atoms with Gasteiger partial charge in [-0.1, -0.05) is 46.6 Å². The molecule has 1 aliphatic rings. The number of aryl methyl sites for hydroxylation is 1. The molecular weight excluding hydrogens is 448 g/mol. The van der Waals surface area contributed by atoms with E-state index in [9.17, 15) is 8.42 Å². The van der Waals surface area contributed by atoms with Crippen LogP contribution in [0.3, 0.4) is 0 Å². The van der Waals surface area contributed by atoms with E-state index < -0.39 is 9.84 Å². The highest BCUT2D eigenvalue weighted by atomic mass is 79.9. The molecular formula is C20H16BrClN2O2S. The van der Waals surface area contributed by atoms with E-state index in [1.165, 1.54) is 0 Å². The van der Waals surface area contributed by atoms with Crippen molar-refractivity contribution >= 4 is 58.9 Å². The van der Waals surface area contributed by atoms with Crippen molar-refractivity contribution in [3.05, 3.63) is 63.5 Å². The molecule has 0 saturated heterocycles. The van der Waals surface area contributed by atoms with Crippen molar-refractivity contribution in [2.45, 2.75) is 25.2 Å². The molecule has 2 heterocycles. The van der Waals surface area contributed by atoms with Crippen LogP contribution in [-0.4, -0.2) is 24.1 Å². The van der Waals surface area contributed by atoms with E-state index in [1.807, 2.05) is 31.2 Å². The minimum absolute atomic E-state index is 0.00107. The highest BCUT2D eigenvalue weighted by molar-refractivity contribution is 9.10. The highest BCUT2D eigenvalue weighted by Gasteiger charge is 2.29. The van der Waals surface area contributed by atoms with E-state index in [2.05, 4.69) is 20.9 Å². The summed E-state index contributed by atoms with van der Waals surface area (Å²) in [4.78, 5) is 9.36. The number of benzene rings is 1. The molecule has 0 radical (unpaired) electrons. The predicted octanol–water partition coefficient (Wildman–Crippen LogP) is 5.16. The van der Waals surface area contributed by atoms with Gasteiger partial charge in [0.05, 0.1) is 32.6 Å². The summed E-state index contributed by atoms with van der Waals surface area (Å²) in [5.74, 6) is -0.00107. The van der Waals surface area contributed by atoms with Crippen LogP contribution in [0.1, 0.15) is 29.4 Å². The van der Waals surface area contributed by atoms with Gasteiger partial charge in [-0.25, -0.2) is 13.4 Å². The van der Waals surface area contributed by atoms with Crippen LogP contribution in [0.2, 0.25) is 0 Å². The van der Waals surface area contributed by atoms with E-state index in [-0.39, 0.29) is 10.6 Å². The van der Waals surface area contributed by atoms with Crippen molar-refractivity contribution in [1.82, 2.24) is 9.97 Å². The van der Waals surface area contributed by atoms with Crippen molar-refractivity contribution in [3.63, 3.8) is 0 Å². The summed E-state index contributed by atoms with van der Waals surface area (Å²) in [6, 6.07) is 9.33. The Balaban J connectivity index is 2.01. The van der Waals surface area contributed by atoms with Crippen molar-refractivity contribution in [1.29, 1.82) is 0 Å². The van der Waals surface area contributed by atoms with Gasteiger partial charge in [0.25, 0.3) is 0 Å². The minimum Gasteiger partial charge on any atom is -0.255 e. The molecule has 0 spiro atoms. The summed E-state index contributed by atoms with van der Waals surface area (Å²) in [5.41, 5.74) is 4.57. The van der Waals surface area contributed by atoms with Crippen LogP contribution < -0.4 is 0 Å². The number of nitrogens with zero attached hydrogens (tertiary/aromatic N) is 2. The average Bonchev–Trinajstić information content (AvgIpc) is 2.96. The van der Waals surface area contributed by atoms with Crippen LogP contribution in [-0.2, 0) is 16.3 Å². The summed E-state index contributed by atoms with van der Waals surface area (Å²) in [6.07, 6.45) is 2.28. The molecule has 4 nitrogen and oxygen atoms in total. The largest absolute Gasteiger partial charge is 0.255 e. The number of pyridine rings is 2. The van der Waals surface area contributed by atoms with Crippen LogP contribution in [0, 0.1) is 6.92 Å². The van der Waals surface area contributed by atoms with Gasteiger partial charge in [0, 0.05) is 28.0 Å². The number of halogens is 2. The number of aromatic nitrogens is 2. The molecule has 1 aromatic carbocycles. The zero-order chi connectivity index (χ0) is 19.3. The summed E-state index contributed by atoms with van der Waals surface area (Å²) in [5, 5.41) is 1.24. The van der Waals surface area contributed by atoms with Crippen LogP contribution in [0.15, 0.2) is 45.9 Å². The van der Waals surface area contributed by atoms with E-state index in [1.54, 1.807) is 19.2 Å². The van der Waals surface area contributed by atoms with Gasteiger partial charge < -0.3 is 0 Å². The Morgan fingerprint density at radius 2 is 1.96 bits per heavy atom. The maximum atomic E-state index is 12.8. The molecule has 0 N–H and O–H groups in total. The zero-order valence-electron chi connectivity index (χ0n) is 14.8. The predicted molar refractivity (Wildman–Crippen MR) is 113 cm³/mol. The van der Waals surface area contributed by atoms with Crippen LogP contribution in [0.25, 0.3) is 21.5 Å². The van der Waals surface area contributed by atoms with Gasteiger partial charge in [0.15, 0.2) is 9.84 Å². The van der Waals surface area contributed by atoms with Crippen molar-refractivity contribution in [2.75, 3.05) is 5.75 Å². The first-order valence-corrected chi connectivity index (χ1v) is 11.3. The average molecular weight is 464 g/mol. The smallest absolute Gasteiger partial charge is 0.180 e. The first-order chi connectivity index (χ1) is 12.8. The van der Waals surface area contributed by atoms with E-state index in [4.69, 9.17) is 16.6 Å². The highest BCUT2D eigenvalue weighted by Crippen LogP contribution is 2.41. The maximum absolute atomic E-state index is 12.8. The fourth-order valence-electron chi connectivity index (χ4n) is 3.29. The van der Waals surface area contributed by atoms with E-state index >= 15 is 0 Å². The topological polar surface area (TPSA) is 59.9 Å². The van der Waals surface area contributed by atoms with E-state index in [0.29, 0.717) is 33.9 Å². The maximum Gasteiger partial charge on any atom is 0.180 e. The molecule has 3 aromatic rings. The second kappa shape index (κ2) is 6.69. The Hall–Kier alpha value is -1.76. The molecule has 27 heavy (non-hydrogen) atoms. The monoisotopic (exact) mass is 462 g/mol. The number of hydrogen-bond acceptors (Lipinski definition) is 4. The van der Waals surface area contributed by atoms with Gasteiger partial charge in [-0.2, -0.15) is 0 Å². The molecule has 0 amide bonds. The van der Waals surface area contributed by atoms with Crippen LogP contribution >= 0.6 is 27.5 Å². The molecule has 0 fully saturated rings. The summed E-state index contributed by atoms with van der Waals surface area (Å²) < 4.78 is 26.5. The second-order valence-corrected chi connectivity index (χ2v) is 10.1. The number of hydrogen-bond donors (Lipinski definition) is 0. The Bertz CT molecular complexity index is 1240. The lowest BCUT2D eigenvalue weighted by molar-refractivity contribution is 0.596. The number of sulfone groups is 1. The molecule has 138 valence electrons. The van der Waals surface area contributed by atoms with Gasteiger partial charge in [-0.3, -0.25) is 4.98 Å². The normalized spacial score (nSPS) is 14.1. The zero-order valence-corrected chi connectivity index (χ0v) is 17.9. The van der Waals surface area contributed by atoms with Crippen molar-refractivity contribution in [2.24, 2.45) is 0 Å². The summed E-state index contributed by atoms with van der Waals surface area (Å²) in [7, 11) is -3.47. The first-order valence-electron chi connectivity index (χ1n) is 8.48. The molecule has 2 aromatic heterocycles. The van der Waals surface area contributed by atoms with Gasteiger partial charge in [0.1, 0.15) is 0 Å². The van der Waals surface area contributed by atoms with E-state index in [0.717, 1.165) is 21.0 Å². The number of allylic oxidation sites excluding steroid dienone is 1. The molecule has 0 unspecified atom stereocenters. The standard InChI is InChI=1S/C20H16BrClN2O2S/c1-3-27(25,26)17-8-12-4-5-14(21)9-16(12)24-20(17)15-7-13-6-11(2)10-23-19(13)18(15)22/h4-6,8-10H,3,7H2,1-2H3. The molecule has 4 rings (SSSR count). The molecule has 1 aliphatic carbocycles. The van der Waals surface area contributed by atoms with Crippen molar-refractivity contribution < 1.29 is 8.42 Å². The number of rotatable bonds is 3. The number of fused-ring (bicyclic) bond motifs is 2. The lowest BCUT2D eigenvalue weighted by atomic mass is 10.1. The molecule has 0 aliphatic heterocycles. The fraction of sp³-hybridized carbons (Fsp3) is 0.200. The molecule has 0 saturated carbocycles. The minimum atomic E-state index is -3.47. The van der Waals surface area contributed by atoms with Crippen LogP contribution in [0.5, 0.6) is 0 Å². The summed E-state index contributed by atoms with van der Waals surface area (Å²) in [6.45, 7) is 3.60. The van der Waals surface area contributed by atoms with Gasteiger partial charge >= 0.3 is 0 Å². The van der Waals surface area contributed by atoms with Crippen molar-refractivity contribution in [3.8, 4) is 0 Å². The third kappa shape index (κ3) is 3.20. The Kier molecular flexibility index (Phi) is 4.61. The Morgan fingerprint density at radius 3 is 2.70 bits per heavy atom. The molecule has 0 atom stereocenters. The third-order valence-corrected chi connectivity index (χ3v) is 7.33. The van der Waals surface area contributed by atoms with Gasteiger partial charge in [0.2, 0.25) is 0 Å². The van der Waals surface area contributed by atoms with Crippen LogP contribution in [0.4, 0.5) is 0 Å². The quantitative estimate of drug-likeness (QED) is 0.538. The first kappa shape index (κ1) is 18.6.